The van der Waals surface area contributed by atoms with Crippen LogP contribution in [0.5, 0.6) is 5.75 Å². The van der Waals surface area contributed by atoms with Crippen LogP contribution in [-0.4, -0.2) is 14.2 Å². The summed E-state index contributed by atoms with van der Waals surface area (Å²) in [5, 5.41) is 3.40. The van der Waals surface area contributed by atoms with Crippen LogP contribution in [0.1, 0.15) is 28.3 Å². The number of methoxy groups -OCH3 is 1. The summed E-state index contributed by atoms with van der Waals surface area (Å²) < 4.78 is 6.65. The van der Waals surface area contributed by atoms with Gasteiger partial charge < -0.3 is 10.1 Å². The van der Waals surface area contributed by atoms with E-state index in [4.69, 9.17) is 4.74 Å². The highest BCUT2D eigenvalue weighted by atomic mass is 79.9. The summed E-state index contributed by atoms with van der Waals surface area (Å²) >= 11 is 3.61. The molecule has 3 heteroatoms. The molecule has 1 atom stereocenters. The second kappa shape index (κ2) is 6.42. The van der Waals surface area contributed by atoms with Gasteiger partial charge in [0.05, 0.1) is 13.2 Å². The number of nitrogens with one attached hydrogen (secondary N) is 1. The Morgan fingerprint density at radius 2 is 1.85 bits per heavy atom. The van der Waals surface area contributed by atoms with Gasteiger partial charge in [0.2, 0.25) is 0 Å². The van der Waals surface area contributed by atoms with Crippen LogP contribution in [0.3, 0.4) is 0 Å². The number of hydrogen-bond donors (Lipinski definition) is 1. The van der Waals surface area contributed by atoms with Gasteiger partial charge >= 0.3 is 0 Å². The van der Waals surface area contributed by atoms with Gasteiger partial charge in [-0.25, -0.2) is 0 Å². The first-order valence-electron chi connectivity index (χ1n) is 6.65. The smallest absolute Gasteiger partial charge is 0.123 e. The van der Waals surface area contributed by atoms with Crippen molar-refractivity contribution in [3.63, 3.8) is 0 Å². The molecule has 1 unspecified atom stereocenters. The molecule has 0 aliphatic rings. The first kappa shape index (κ1) is 15.1. The van der Waals surface area contributed by atoms with E-state index in [-0.39, 0.29) is 6.04 Å². The molecular weight excluding hydrogens is 314 g/mol. The van der Waals surface area contributed by atoms with Gasteiger partial charge in [0.1, 0.15) is 5.75 Å². The second-order valence-electron chi connectivity index (χ2n) is 4.92. The zero-order valence-corrected chi connectivity index (χ0v) is 13.9. The predicted octanol–water partition coefficient (Wildman–Crippen LogP) is 4.38. The average molecular weight is 334 g/mol. The number of benzene rings is 2. The van der Waals surface area contributed by atoms with E-state index in [1.807, 2.05) is 13.1 Å². The predicted molar refractivity (Wildman–Crippen MR) is 87.5 cm³/mol. The largest absolute Gasteiger partial charge is 0.496 e. The molecule has 0 aromatic heterocycles. The summed E-state index contributed by atoms with van der Waals surface area (Å²) in [6.45, 7) is 4.23. The molecule has 0 aliphatic carbocycles. The fraction of sp³-hybridized carbons (Fsp3) is 0.294. The zero-order valence-electron chi connectivity index (χ0n) is 12.3. The Bertz CT molecular complexity index is 610. The minimum Gasteiger partial charge on any atom is -0.496 e. The van der Waals surface area contributed by atoms with Crippen molar-refractivity contribution in [3.05, 3.63) is 63.1 Å². The average Bonchev–Trinajstić information content (AvgIpc) is 2.44. The molecule has 0 saturated carbocycles. The molecule has 0 amide bonds. The monoisotopic (exact) mass is 333 g/mol. The Balaban J connectivity index is 2.58. The Hall–Kier alpha value is -1.32. The van der Waals surface area contributed by atoms with Crippen molar-refractivity contribution in [1.29, 1.82) is 0 Å². The van der Waals surface area contributed by atoms with Crippen LogP contribution < -0.4 is 10.1 Å². The molecule has 2 aromatic rings. The Kier molecular flexibility index (Phi) is 4.84. The Morgan fingerprint density at radius 1 is 1.10 bits per heavy atom. The lowest BCUT2D eigenvalue weighted by molar-refractivity contribution is 0.405. The van der Waals surface area contributed by atoms with E-state index >= 15 is 0 Å². The molecule has 0 saturated heterocycles. The molecule has 0 aliphatic heterocycles. The maximum Gasteiger partial charge on any atom is 0.123 e. The maximum absolute atomic E-state index is 5.52. The zero-order chi connectivity index (χ0) is 14.7. The van der Waals surface area contributed by atoms with E-state index in [1.54, 1.807) is 7.11 Å². The van der Waals surface area contributed by atoms with Gasteiger partial charge in [0.15, 0.2) is 0 Å². The lowest BCUT2D eigenvalue weighted by Gasteiger charge is -2.22. The summed E-state index contributed by atoms with van der Waals surface area (Å²) in [6, 6.07) is 12.7. The molecule has 1 N–H and O–H groups in total. The lowest BCUT2D eigenvalue weighted by atomic mass is 9.93. The van der Waals surface area contributed by atoms with Crippen molar-refractivity contribution in [2.75, 3.05) is 14.2 Å². The van der Waals surface area contributed by atoms with E-state index in [0.717, 1.165) is 15.8 Å². The first-order chi connectivity index (χ1) is 9.58. The number of halogens is 1. The fourth-order valence-corrected chi connectivity index (χ4v) is 2.88. The highest BCUT2D eigenvalue weighted by molar-refractivity contribution is 9.10. The molecule has 0 heterocycles. The standard InChI is InChI=1S/C17H20BrNO/c1-11-8-9-16(20-4)14(10-11)17(19-3)13-6-5-7-15(18)12(13)2/h5-10,17,19H,1-4H3. The van der Waals surface area contributed by atoms with E-state index in [0.29, 0.717) is 0 Å². The number of rotatable bonds is 4. The Morgan fingerprint density at radius 3 is 2.50 bits per heavy atom. The summed E-state index contributed by atoms with van der Waals surface area (Å²) in [7, 11) is 3.70. The lowest BCUT2D eigenvalue weighted by Crippen LogP contribution is -2.19. The van der Waals surface area contributed by atoms with Gasteiger partial charge in [0, 0.05) is 10.0 Å². The van der Waals surface area contributed by atoms with Crippen LogP contribution in [0, 0.1) is 13.8 Å². The van der Waals surface area contributed by atoms with Crippen molar-refractivity contribution >= 4 is 15.9 Å². The molecule has 20 heavy (non-hydrogen) atoms. The van der Waals surface area contributed by atoms with Crippen molar-refractivity contribution in [1.82, 2.24) is 5.32 Å². The summed E-state index contributed by atoms with van der Waals surface area (Å²) in [5.41, 5.74) is 4.89. The van der Waals surface area contributed by atoms with Gasteiger partial charge in [-0.2, -0.15) is 0 Å². The van der Waals surface area contributed by atoms with Gasteiger partial charge in [0.25, 0.3) is 0 Å². The van der Waals surface area contributed by atoms with Crippen LogP contribution in [0.15, 0.2) is 40.9 Å². The number of ether oxygens (including phenoxy) is 1. The van der Waals surface area contributed by atoms with E-state index in [9.17, 15) is 0 Å². The van der Waals surface area contributed by atoms with Gasteiger partial charge in [-0.1, -0.05) is 45.8 Å². The molecule has 0 bridgehead atoms. The highest BCUT2D eigenvalue weighted by Crippen LogP contribution is 2.34. The summed E-state index contributed by atoms with van der Waals surface area (Å²) in [6.07, 6.45) is 0. The Labute approximate surface area is 129 Å². The molecule has 2 aromatic carbocycles. The van der Waals surface area contributed by atoms with Crippen LogP contribution >= 0.6 is 15.9 Å². The third kappa shape index (κ3) is 2.89. The molecular formula is C17H20BrNO. The van der Waals surface area contributed by atoms with Crippen LogP contribution in [0.4, 0.5) is 0 Å². The van der Waals surface area contributed by atoms with Gasteiger partial charge in [-0.15, -0.1) is 0 Å². The molecule has 0 fully saturated rings. The molecule has 0 radical (unpaired) electrons. The summed E-state index contributed by atoms with van der Waals surface area (Å²) in [5.74, 6) is 0.911. The SMILES string of the molecule is CNC(c1cc(C)ccc1OC)c1cccc(Br)c1C. The fourth-order valence-electron chi connectivity index (χ4n) is 2.49. The van der Waals surface area contributed by atoms with Crippen molar-refractivity contribution in [2.45, 2.75) is 19.9 Å². The topological polar surface area (TPSA) is 21.3 Å². The maximum atomic E-state index is 5.52. The van der Waals surface area contributed by atoms with E-state index in [2.05, 4.69) is 65.4 Å². The van der Waals surface area contributed by atoms with Crippen molar-refractivity contribution in [3.8, 4) is 5.75 Å². The first-order valence-corrected chi connectivity index (χ1v) is 7.44. The van der Waals surface area contributed by atoms with E-state index < -0.39 is 0 Å². The normalized spacial score (nSPS) is 12.2. The number of hydrogen-bond acceptors (Lipinski definition) is 2. The molecule has 2 rings (SSSR count). The van der Waals surface area contributed by atoms with Gasteiger partial charge in [-0.05, 0) is 44.2 Å². The van der Waals surface area contributed by atoms with Crippen LogP contribution in [0.25, 0.3) is 0 Å². The van der Waals surface area contributed by atoms with Crippen molar-refractivity contribution < 1.29 is 4.74 Å². The third-order valence-electron chi connectivity index (χ3n) is 3.61. The third-order valence-corrected chi connectivity index (χ3v) is 4.46. The summed E-state index contributed by atoms with van der Waals surface area (Å²) in [4.78, 5) is 0. The quantitative estimate of drug-likeness (QED) is 0.896. The van der Waals surface area contributed by atoms with Crippen LogP contribution in [-0.2, 0) is 0 Å². The molecule has 2 nitrogen and oxygen atoms in total. The second-order valence-corrected chi connectivity index (χ2v) is 5.78. The minimum absolute atomic E-state index is 0.113. The molecule has 0 spiro atoms. The van der Waals surface area contributed by atoms with Crippen molar-refractivity contribution in [2.24, 2.45) is 0 Å². The van der Waals surface area contributed by atoms with Gasteiger partial charge in [-0.3, -0.25) is 0 Å². The van der Waals surface area contributed by atoms with Crippen LogP contribution in [0.2, 0.25) is 0 Å². The molecule has 106 valence electrons. The minimum atomic E-state index is 0.113. The highest BCUT2D eigenvalue weighted by Gasteiger charge is 2.19. The number of aryl methyl sites for hydroxylation is 1. The van der Waals surface area contributed by atoms with E-state index in [1.165, 1.54) is 16.7 Å².